The predicted molar refractivity (Wildman–Crippen MR) is 90.1 cm³/mol. The normalized spacial score (nSPS) is 16.5. The standard InChI is InChI=1S/C18H28N2O2/c1-12(2)8-9-20-14-10-13(17(19)18(3,4)5)6-7-15(14)22-11-16(20)21/h6-7,10,12,17H,8-9,11,19H2,1-5H3. The Labute approximate surface area is 133 Å². The van der Waals surface area contributed by atoms with Gasteiger partial charge in [0.2, 0.25) is 0 Å². The fourth-order valence-electron chi connectivity index (χ4n) is 2.55. The van der Waals surface area contributed by atoms with Crippen molar-refractivity contribution in [2.45, 2.75) is 47.1 Å². The molecule has 0 saturated carbocycles. The highest BCUT2D eigenvalue weighted by atomic mass is 16.5. The average molecular weight is 304 g/mol. The molecule has 122 valence electrons. The maximum absolute atomic E-state index is 12.2. The lowest BCUT2D eigenvalue weighted by Gasteiger charge is -2.32. The van der Waals surface area contributed by atoms with E-state index >= 15 is 0 Å². The van der Waals surface area contributed by atoms with E-state index in [1.807, 2.05) is 23.1 Å². The summed E-state index contributed by atoms with van der Waals surface area (Å²) in [5.41, 5.74) is 8.23. The third-order valence-corrected chi connectivity index (χ3v) is 4.15. The van der Waals surface area contributed by atoms with Gasteiger partial charge in [-0.3, -0.25) is 4.79 Å². The topological polar surface area (TPSA) is 55.6 Å². The lowest BCUT2D eigenvalue weighted by Crippen LogP contribution is -2.40. The van der Waals surface area contributed by atoms with Crippen LogP contribution in [0.3, 0.4) is 0 Å². The Balaban J connectivity index is 2.33. The van der Waals surface area contributed by atoms with Crippen molar-refractivity contribution in [2.24, 2.45) is 17.1 Å². The molecule has 2 N–H and O–H groups in total. The zero-order chi connectivity index (χ0) is 16.5. The van der Waals surface area contributed by atoms with Crippen LogP contribution in [0, 0.1) is 11.3 Å². The van der Waals surface area contributed by atoms with Crippen LogP contribution in [0.5, 0.6) is 5.75 Å². The molecule has 1 amide bonds. The van der Waals surface area contributed by atoms with E-state index < -0.39 is 0 Å². The summed E-state index contributed by atoms with van der Waals surface area (Å²) in [6.07, 6.45) is 0.973. The van der Waals surface area contributed by atoms with E-state index in [4.69, 9.17) is 10.5 Å². The second-order valence-corrected chi connectivity index (χ2v) is 7.59. The molecule has 1 atom stereocenters. The van der Waals surface area contributed by atoms with Crippen molar-refractivity contribution >= 4 is 11.6 Å². The Morgan fingerprint density at radius 3 is 2.59 bits per heavy atom. The van der Waals surface area contributed by atoms with Crippen LogP contribution in [0.2, 0.25) is 0 Å². The van der Waals surface area contributed by atoms with E-state index in [9.17, 15) is 4.79 Å². The van der Waals surface area contributed by atoms with E-state index in [0.29, 0.717) is 5.92 Å². The number of nitrogens with zero attached hydrogens (tertiary/aromatic N) is 1. The third-order valence-electron chi connectivity index (χ3n) is 4.15. The molecule has 1 aromatic carbocycles. The molecule has 0 bridgehead atoms. The number of hydrogen-bond donors (Lipinski definition) is 1. The third kappa shape index (κ3) is 3.61. The van der Waals surface area contributed by atoms with Gasteiger partial charge in [-0.25, -0.2) is 0 Å². The van der Waals surface area contributed by atoms with Gasteiger partial charge in [-0.15, -0.1) is 0 Å². The van der Waals surface area contributed by atoms with E-state index in [-0.39, 0.29) is 24.0 Å². The van der Waals surface area contributed by atoms with Gasteiger partial charge in [0, 0.05) is 12.6 Å². The minimum atomic E-state index is -0.0817. The second kappa shape index (κ2) is 6.29. The average Bonchev–Trinajstić information content (AvgIpc) is 2.43. The molecule has 0 radical (unpaired) electrons. The van der Waals surface area contributed by atoms with Gasteiger partial charge in [0.15, 0.2) is 6.61 Å². The summed E-state index contributed by atoms with van der Waals surface area (Å²) in [6, 6.07) is 5.88. The SMILES string of the molecule is CC(C)CCN1C(=O)COc2ccc(C(N)C(C)(C)C)cc21. The summed E-state index contributed by atoms with van der Waals surface area (Å²) in [5, 5.41) is 0. The number of benzene rings is 1. The summed E-state index contributed by atoms with van der Waals surface area (Å²) in [7, 11) is 0. The van der Waals surface area contributed by atoms with Gasteiger partial charge in [0.1, 0.15) is 5.75 Å². The summed E-state index contributed by atoms with van der Waals surface area (Å²) in [6.45, 7) is 11.5. The van der Waals surface area contributed by atoms with Gasteiger partial charge < -0.3 is 15.4 Å². The quantitative estimate of drug-likeness (QED) is 0.926. The molecule has 4 nitrogen and oxygen atoms in total. The molecular formula is C18H28N2O2. The number of anilines is 1. The molecule has 0 spiro atoms. The molecule has 2 rings (SSSR count). The van der Waals surface area contributed by atoms with Gasteiger partial charge in [0.05, 0.1) is 5.69 Å². The molecule has 4 heteroatoms. The second-order valence-electron chi connectivity index (χ2n) is 7.59. The zero-order valence-corrected chi connectivity index (χ0v) is 14.3. The number of carbonyl (C=O) groups excluding carboxylic acids is 1. The highest BCUT2D eigenvalue weighted by Gasteiger charge is 2.28. The molecular weight excluding hydrogens is 276 g/mol. The van der Waals surface area contributed by atoms with Crippen LogP contribution >= 0.6 is 0 Å². The molecule has 1 aromatic rings. The first kappa shape index (κ1) is 16.8. The van der Waals surface area contributed by atoms with Crippen molar-refractivity contribution in [1.82, 2.24) is 0 Å². The molecule has 22 heavy (non-hydrogen) atoms. The largest absolute Gasteiger partial charge is 0.482 e. The van der Waals surface area contributed by atoms with E-state index in [1.165, 1.54) is 0 Å². The minimum absolute atomic E-state index is 0.0228. The summed E-state index contributed by atoms with van der Waals surface area (Å²) >= 11 is 0. The van der Waals surface area contributed by atoms with Gasteiger partial charge in [-0.2, -0.15) is 0 Å². The first-order valence-corrected chi connectivity index (χ1v) is 8.03. The van der Waals surface area contributed by atoms with Gasteiger partial charge in [-0.05, 0) is 35.4 Å². The number of rotatable bonds is 4. The number of amides is 1. The van der Waals surface area contributed by atoms with Crippen LogP contribution in [0.25, 0.3) is 0 Å². The molecule has 0 aliphatic carbocycles. The van der Waals surface area contributed by atoms with Crippen LogP contribution in [0.15, 0.2) is 18.2 Å². The summed E-state index contributed by atoms with van der Waals surface area (Å²) in [5.74, 6) is 1.35. The molecule has 0 fully saturated rings. The molecule has 0 aromatic heterocycles. The van der Waals surface area contributed by atoms with Crippen molar-refractivity contribution in [1.29, 1.82) is 0 Å². The highest BCUT2D eigenvalue weighted by molar-refractivity contribution is 5.97. The van der Waals surface area contributed by atoms with Crippen LogP contribution < -0.4 is 15.4 Å². The lowest BCUT2D eigenvalue weighted by atomic mass is 9.83. The number of fused-ring (bicyclic) bond motifs is 1. The van der Waals surface area contributed by atoms with E-state index in [2.05, 4.69) is 34.6 Å². The maximum atomic E-state index is 12.2. The van der Waals surface area contributed by atoms with Crippen LogP contribution in [0.4, 0.5) is 5.69 Å². The summed E-state index contributed by atoms with van der Waals surface area (Å²) < 4.78 is 5.56. The maximum Gasteiger partial charge on any atom is 0.265 e. The summed E-state index contributed by atoms with van der Waals surface area (Å²) in [4.78, 5) is 14.1. The van der Waals surface area contributed by atoms with Gasteiger partial charge in [-0.1, -0.05) is 40.7 Å². The lowest BCUT2D eigenvalue weighted by molar-refractivity contribution is -0.121. The Morgan fingerprint density at radius 1 is 1.32 bits per heavy atom. The number of ether oxygens (including phenoxy) is 1. The fraction of sp³-hybridized carbons (Fsp3) is 0.611. The van der Waals surface area contributed by atoms with Crippen LogP contribution in [0.1, 0.15) is 52.6 Å². The minimum Gasteiger partial charge on any atom is -0.482 e. The molecule has 1 heterocycles. The zero-order valence-electron chi connectivity index (χ0n) is 14.3. The number of hydrogen-bond acceptors (Lipinski definition) is 3. The van der Waals surface area contributed by atoms with Crippen molar-refractivity contribution in [3.05, 3.63) is 23.8 Å². The first-order chi connectivity index (χ1) is 10.2. The Hall–Kier alpha value is -1.55. The molecule has 0 saturated heterocycles. The van der Waals surface area contributed by atoms with Gasteiger partial charge in [0.25, 0.3) is 5.91 Å². The molecule has 1 aliphatic rings. The Bertz CT molecular complexity index is 547. The first-order valence-electron chi connectivity index (χ1n) is 8.03. The highest BCUT2D eigenvalue weighted by Crippen LogP contribution is 2.38. The Kier molecular flexibility index (Phi) is 4.81. The van der Waals surface area contributed by atoms with E-state index in [1.54, 1.807) is 0 Å². The van der Waals surface area contributed by atoms with Crippen LogP contribution in [-0.2, 0) is 4.79 Å². The monoisotopic (exact) mass is 304 g/mol. The fourth-order valence-corrected chi connectivity index (χ4v) is 2.55. The Morgan fingerprint density at radius 2 is 2.00 bits per heavy atom. The van der Waals surface area contributed by atoms with Crippen LogP contribution in [-0.4, -0.2) is 19.1 Å². The van der Waals surface area contributed by atoms with Crippen molar-refractivity contribution in [3.8, 4) is 5.75 Å². The number of carbonyl (C=O) groups is 1. The predicted octanol–water partition coefficient (Wildman–Crippen LogP) is 3.50. The van der Waals surface area contributed by atoms with Crippen molar-refractivity contribution in [3.63, 3.8) is 0 Å². The van der Waals surface area contributed by atoms with Crippen molar-refractivity contribution < 1.29 is 9.53 Å². The van der Waals surface area contributed by atoms with E-state index in [0.717, 1.165) is 30.0 Å². The van der Waals surface area contributed by atoms with Crippen molar-refractivity contribution in [2.75, 3.05) is 18.1 Å². The molecule has 1 aliphatic heterocycles. The smallest absolute Gasteiger partial charge is 0.265 e. The number of nitrogens with two attached hydrogens (primary N) is 1. The molecule has 1 unspecified atom stereocenters. The van der Waals surface area contributed by atoms with Gasteiger partial charge >= 0.3 is 0 Å².